The number of rotatable bonds is 6. The molecule has 0 amide bonds. The number of benzene rings is 2. The third kappa shape index (κ3) is 3.99. The molecule has 172 valence electrons. The van der Waals surface area contributed by atoms with Crippen LogP contribution >= 0.6 is 27.3 Å². The molecule has 2 aromatic carbocycles. The summed E-state index contributed by atoms with van der Waals surface area (Å²) in [6, 6.07) is 13.4. The molecule has 0 saturated carbocycles. The van der Waals surface area contributed by atoms with Gasteiger partial charge in [-0.15, -0.1) is 16.4 Å². The second-order valence-electron chi connectivity index (χ2n) is 7.45. The minimum Gasteiger partial charge on any atom is -0.496 e. The number of aromatic nitrogens is 4. The van der Waals surface area contributed by atoms with Gasteiger partial charge < -0.3 is 14.2 Å². The van der Waals surface area contributed by atoms with Crippen molar-refractivity contribution in [2.45, 2.75) is 13.5 Å². The summed E-state index contributed by atoms with van der Waals surface area (Å²) in [5.41, 5.74) is 3.09. The number of aryl methyl sites for hydroxylation is 1. The first-order valence-corrected chi connectivity index (χ1v) is 11.9. The third-order valence-corrected chi connectivity index (χ3v) is 7.09. The molecule has 0 fully saturated rings. The van der Waals surface area contributed by atoms with E-state index in [9.17, 15) is 4.79 Å². The van der Waals surface area contributed by atoms with Gasteiger partial charge in [0.15, 0.2) is 11.5 Å². The number of methoxy groups -OCH3 is 2. The fourth-order valence-corrected chi connectivity index (χ4v) is 4.99. The fraction of sp³-hybridized carbons (Fsp3) is 0.167. The largest absolute Gasteiger partial charge is 0.496 e. The average molecular weight is 539 g/mol. The summed E-state index contributed by atoms with van der Waals surface area (Å²) in [6.07, 6.45) is 1.60. The van der Waals surface area contributed by atoms with Crippen LogP contribution < -0.4 is 9.47 Å². The van der Waals surface area contributed by atoms with E-state index in [-0.39, 0.29) is 5.97 Å². The molecule has 0 aliphatic heterocycles. The van der Waals surface area contributed by atoms with Crippen molar-refractivity contribution in [1.82, 2.24) is 19.6 Å². The first kappa shape index (κ1) is 22.3. The zero-order valence-electron chi connectivity index (χ0n) is 18.5. The van der Waals surface area contributed by atoms with E-state index >= 15 is 0 Å². The van der Waals surface area contributed by atoms with Crippen LogP contribution in [0.1, 0.15) is 20.8 Å². The predicted octanol–water partition coefficient (Wildman–Crippen LogP) is 5.45. The lowest BCUT2D eigenvalue weighted by Gasteiger charge is -2.11. The Bertz CT molecular complexity index is 1530. The number of fused-ring (bicyclic) bond motifs is 3. The minimum absolute atomic E-state index is 0.323. The number of nitrogens with zero attached hydrogens (tertiary/aromatic N) is 4. The Morgan fingerprint density at radius 2 is 1.94 bits per heavy atom. The van der Waals surface area contributed by atoms with Crippen LogP contribution in [-0.2, 0) is 11.3 Å². The van der Waals surface area contributed by atoms with Gasteiger partial charge in [-0.1, -0.05) is 15.9 Å². The third-order valence-electron chi connectivity index (χ3n) is 5.38. The van der Waals surface area contributed by atoms with E-state index in [1.54, 1.807) is 18.0 Å². The number of carbonyl (C=O) groups is 1. The molecule has 0 unspecified atom stereocenters. The Morgan fingerprint density at radius 1 is 1.15 bits per heavy atom. The summed E-state index contributed by atoms with van der Waals surface area (Å²) >= 11 is 4.71. The van der Waals surface area contributed by atoms with Crippen LogP contribution in [0.2, 0.25) is 0 Å². The monoisotopic (exact) mass is 538 g/mol. The van der Waals surface area contributed by atoms with Crippen molar-refractivity contribution in [3.8, 4) is 22.9 Å². The normalized spacial score (nSPS) is 11.2. The molecule has 0 aliphatic rings. The highest BCUT2D eigenvalue weighted by molar-refractivity contribution is 9.10. The lowest BCUT2D eigenvalue weighted by atomic mass is 10.1. The van der Waals surface area contributed by atoms with Crippen molar-refractivity contribution in [2.24, 2.45) is 0 Å². The summed E-state index contributed by atoms with van der Waals surface area (Å²) in [4.78, 5) is 22.6. The minimum atomic E-state index is -0.385. The van der Waals surface area contributed by atoms with Gasteiger partial charge in [0.2, 0.25) is 0 Å². The molecule has 0 saturated heterocycles. The highest BCUT2D eigenvalue weighted by Gasteiger charge is 2.21. The lowest BCUT2D eigenvalue weighted by Crippen LogP contribution is -1.99. The molecule has 0 aliphatic carbocycles. The van der Waals surface area contributed by atoms with Crippen LogP contribution in [0.5, 0.6) is 11.5 Å². The molecule has 10 heteroatoms. The molecular weight excluding hydrogens is 520 g/mol. The molecule has 5 rings (SSSR count). The van der Waals surface area contributed by atoms with Crippen LogP contribution in [0.3, 0.4) is 0 Å². The van der Waals surface area contributed by atoms with Crippen molar-refractivity contribution in [3.63, 3.8) is 0 Å². The van der Waals surface area contributed by atoms with Gasteiger partial charge in [-0.25, -0.2) is 19.3 Å². The fourth-order valence-electron chi connectivity index (χ4n) is 3.67. The molecule has 3 aromatic heterocycles. The van der Waals surface area contributed by atoms with Crippen molar-refractivity contribution >= 4 is 49.1 Å². The van der Waals surface area contributed by atoms with E-state index in [0.29, 0.717) is 33.5 Å². The highest BCUT2D eigenvalue weighted by atomic mass is 79.9. The SMILES string of the molecule is COC(=O)c1sc2ncn3nc(-c4ccc(OC)c(COc5ccc(Br)cc5)c4)nc3c2c1C. The number of hydrogen-bond acceptors (Lipinski definition) is 8. The highest BCUT2D eigenvalue weighted by Crippen LogP contribution is 2.33. The van der Waals surface area contributed by atoms with E-state index in [2.05, 4.69) is 26.0 Å². The summed E-state index contributed by atoms with van der Waals surface area (Å²) in [5.74, 6) is 1.62. The first-order valence-electron chi connectivity index (χ1n) is 10.3. The lowest BCUT2D eigenvalue weighted by molar-refractivity contribution is 0.0605. The van der Waals surface area contributed by atoms with Gasteiger partial charge in [-0.2, -0.15) is 0 Å². The standard InChI is InChI=1S/C24H19BrN4O4S/c1-13-19-22-27-21(28-29(22)12-26-23(19)34-20(13)24(30)32-3)14-4-9-18(31-2)15(10-14)11-33-17-7-5-16(25)6-8-17/h4-10,12H,11H2,1-3H3. The van der Waals surface area contributed by atoms with Gasteiger partial charge in [-0.3, -0.25) is 0 Å². The summed E-state index contributed by atoms with van der Waals surface area (Å²) in [6.45, 7) is 2.19. The Balaban J connectivity index is 1.53. The first-order chi connectivity index (χ1) is 16.5. The summed E-state index contributed by atoms with van der Waals surface area (Å²) < 4.78 is 19.0. The quantitative estimate of drug-likeness (QED) is 0.265. The molecule has 0 bridgehead atoms. The van der Waals surface area contributed by atoms with E-state index < -0.39 is 0 Å². The maximum absolute atomic E-state index is 12.1. The van der Waals surface area contributed by atoms with Gasteiger partial charge in [0.05, 0.1) is 19.6 Å². The Hall–Kier alpha value is -3.50. The summed E-state index contributed by atoms with van der Waals surface area (Å²) in [5, 5.41) is 5.41. The van der Waals surface area contributed by atoms with Crippen LogP contribution in [0.25, 0.3) is 27.3 Å². The molecule has 0 atom stereocenters. The van der Waals surface area contributed by atoms with Gasteiger partial charge in [0.25, 0.3) is 0 Å². The number of ether oxygens (including phenoxy) is 3. The van der Waals surface area contributed by atoms with Gasteiger partial charge in [-0.05, 0) is 55.0 Å². The molecule has 0 N–H and O–H groups in total. The number of halogens is 1. The predicted molar refractivity (Wildman–Crippen MR) is 133 cm³/mol. The van der Waals surface area contributed by atoms with Crippen molar-refractivity contribution < 1.29 is 19.0 Å². The molecule has 34 heavy (non-hydrogen) atoms. The number of thiophene rings is 1. The average Bonchev–Trinajstić information content (AvgIpc) is 3.44. The zero-order chi connectivity index (χ0) is 23.8. The van der Waals surface area contributed by atoms with E-state index in [4.69, 9.17) is 19.2 Å². The Kier molecular flexibility index (Phi) is 5.93. The molecule has 3 heterocycles. The van der Waals surface area contributed by atoms with Gasteiger partial charge in [0.1, 0.15) is 34.1 Å². The Labute approximate surface area is 207 Å². The number of hydrogen-bond donors (Lipinski definition) is 0. The number of esters is 1. The summed E-state index contributed by atoms with van der Waals surface area (Å²) in [7, 11) is 2.99. The maximum atomic E-state index is 12.1. The number of carbonyl (C=O) groups excluding carboxylic acids is 1. The molecule has 0 spiro atoms. The van der Waals surface area contributed by atoms with Crippen LogP contribution in [-0.4, -0.2) is 39.8 Å². The molecule has 8 nitrogen and oxygen atoms in total. The van der Waals surface area contributed by atoms with Crippen LogP contribution in [0.4, 0.5) is 0 Å². The van der Waals surface area contributed by atoms with Crippen LogP contribution in [0, 0.1) is 6.92 Å². The zero-order valence-corrected chi connectivity index (χ0v) is 20.9. The van der Waals surface area contributed by atoms with Crippen LogP contribution in [0.15, 0.2) is 53.3 Å². The van der Waals surface area contributed by atoms with Crippen molar-refractivity contribution in [1.29, 1.82) is 0 Å². The topological polar surface area (TPSA) is 87.8 Å². The van der Waals surface area contributed by atoms with Crippen molar-refractivity contribution in [3.05, 3.63) is 69.3 Å². The molecular formula is C24H19BrN4O4S. The van der Waals surface area contributed by atoms with E-state index in [1.165, 1.54) is 18.4 Å². The molecule has 5 aromatic rings. The van der Waals surface area contributed by atoms with Gasteiger partial charge in [0, 0.05) is 15.6 Å². The van der Waals surface area contributed by atoms with E-state index in [0.717, 1.165) is 32.3 Å². The molecule has 0 radical (unpaired) electrons. The second-order valence-corrected chi connectivity index (χ2v) is 9.36. The van der Waals surface area contributed by atoms with Crippen molar-refractivity contribution in [2.75, 3.05) is 14.2 Å². The Morgan fingerprint density at radius 3 is 2.68 bits per heavy atom. The second kappa shape index (κ2) is 9.03. The maximum Gasteiger partial charge on any atom is 0.348 e. The van der Waals surface area contributed by atoms with E-state index in [1.807, 2.05) is 49.4 Å². The van der Waals surface area contributed by atoms with Gasteiger partial charge >= 0.3 is 5.97 Å². The smallest absolute Gasteiger partial charge is 0.348 e.